The summed E-state index contributed by atoms with van der Waals surface area (Å²) in [5, 5.41) is 2.56. The molecule has 0 heterocycles. The van der Waals surface area contributed by atoms with Crippen molar-refractivity contribution in [1.82, 2.24) is 5.32 Å². The summed E-state index contributed by atoms with van der Waals surface area (Å²) in [5.74, 6) is 0.439. The molecule has 0 fully saturated rings. The normalized spacial score (nSPS) is 11.4. The number of nitrogens with one attached hydrogen (secondary N) is 1. The molecule has 1 aromatic carbocycles. The van der Waals surface area contributed by atoms with Crippen molar-refractivity contribution in [3.8, 4) is 11.5 Å². The van der Waals surface area contributed by atoms with Gasteiger partial charge in [0.2, 0.25) is 5.91 Å². The molecule has 1 N–H and O–H groups in total. The third-order valence-electron chi connectivity index (χ3n) is 2.71. The van der Waals surface area contributed by atoms with Gasteiger partial charge in [-0.2, -0.15) is 0 Å². The quantitative estimate of drug-likeness (QED) is 0.785. The summed E-state index contributed by atoms with van der Waals surface area (Å²) < 4.78 is 15.0. The molecule has 1 atom stereocenters. The van der Waals surface area contributed by atoms with Crippen molar-refractivity contribution in [2.45, 2.75) is 19.4 Å². The molecule has 1 amide bonds. The second-order valence-electron chi connectivity index (χ2n) is 4.20. The molecule has 0 bridgehead atoms. The molecule has 0 saturated carbocycles. The van der Waals surface area contributed by atoms with Crippen LogP contribution in [0, 0.1) is 0 Å². The number of carbonyl (C=O) groups is 2. The Morgan fingerprint density at radius 2 is 1.65 bits per heavy atom. The van der Waals surface area contributed by atoms with Crippen LogP contribution in [0.25, 0.3) is 0 Å². The summed E-state index contributed by atoms with van der Waals surface area (Å²) in [6.45, 7) is 1.35. The van der Waals surface area contributed by atoms with Gasteiger partial charge in [0.05, 0.1) is 21.3 Å². The van der Waals surface area contributed by atoms with E-state index in [0.717, 1.165) is 5.56 Å². The fourth-order valence-corrected chi connectivity index (χ4v) is 1.80. The maximum Gasteiger partial charge on any atom is 0.328 e. The molecule has 0 spiro atoms. The SMILES string of the molecule is COC(=O)[C@H](Cc1cc(OC)cc(OC)c1)NC(C)=O. The van der Waals surface area contributed by atoms with Gasteiger partial charge in [-0.15, -0.1) is 0 Å². The van der Waals surface area contributed by atoms with E-state index in [1.807, 2.05) is 0 Å². The molecule has 0 radical (unpaired) electrons. The number of ether oxygens (including phenoxy) is 3. The number of hydrogen-bond donors (Lipinski definition) is 1. The Hall–Kier alpha value is -2.24. The van der Waals surface area contributed by atoms with E-state index in [2.05, 4.69) is 10.1 Å². The molecule has 0 aromatic heterocycles. The highest BCUT2D eigenvalue weighted by Crippen LogP contribution is 2.23. The molecule has 0 saturated heterocycles. The fraction of sp³-hybridized carbons (Fsp3) is 0.429. The number of benzene rings is 1. The van der Waals surface area contributed by atoms with Crippen molar-refractivity contribution in [2.75, 3.05) is 21.3 Å². The Morgan fingerprint density at radius 3 is 2.05 bits per heavy atom. The topological polar surface area (TPSA) is 73.9 Å². The van der Waals surface area contributed by atoms with Crippen molar-refractivity contribution in [3.63, 3.8) is 0 Å². The zero-order valence-corrected chi connectivity index (χ0v) is 12.1. The van der Waals surface area contributed by atoms with Crippen LogP contribution >= 0.6 is 0 Å². The van der Waals surface area contributed by atoms with Gasteiger partial charge in [-0.25, -0.2) is 4.79 Å². The molecule has 6 nitrogen and oxygen atoms in total. The van der Waals surface area contributed by atoms with Gasteiger partial charge in [0.25, 0.3) is 0 Å². The molecule has 0 aliphatic heterocycles. The van der Waals surface area contributed by atoms with Crippen LogP contribution in [0.5, 0.6) is 11.5 Å². The monoisotopic (exact) mass is 281 g/mol. The maximum atomic E-state index is 11.7. The first-order chi connectivity index (χ1) is 9.49. The van der Waals surface area contributed by atoms with E-state index < -0.39 is 12.0 Å². The van der Waals surface area contributed by atoms with Crippen LogP contribution in [-0.2, 0) is 20.7 Å². The van der Waals surface area contributed by atoms with Crippen LogP contribution in [0.15, 0.2) is 18.2 Å². The van der Waals surface area contributed by atoms with E-state index in [9.17, 15) is 9.59 Å². The Balaban J connectivity index is 2.97. The van der Waals surface area contributed by atoms with Gasteiger partial charge in [-0.1, -0.05) is 0 Å². The van der Waals surface area contributed by atoms with Gasteiger partial charge < -0.3 is 19.5 Å². The molecule has 110 valence electrons. The number of hydrogen-bond acceptors (Lipinski definition) is 5. The number of amides is 1. The lowest BCUT2D eigenvalue weighted by atomic mass is 10.0. The lowest BCUT2D eigenvalue weighted by molar-refractivity contribution is -0.144. The molecule has 6 heteroatoms. The molecule has 0 unspecified atom stereocenters. The Kier molecular flexibility index (Phi) is 5.83. The zero-order valence-electron chi connectivity index (χ0n) is 12.1. The minimum atomic E-state index is -0.741. The highest BCUT2D eigenvalue weighted by Gasteiger charge is 2.21. The minimum absolute atomic E-state index is 0.291. The van der Waals surface area contributed by atoms with E-state index in [1.165, 1.54) is 14.0 Å². The molecule has 1 rings (SSSR count). The summed E-state index contributed by atoms with van der Waals surface area (Å²) in [6.07, 6.45) is 0.291. The molecule has 1 aromatic rings. The molecular formula is C14H19NO5. The standard InChI is InChI=1S/C14H19NO5/c1-9(16)15-13(14(17)20-4)7-10-5-11(18-2)8-12(6-10)19-3/h5-6,8,13H,7H2,1-4H3,(H,15,16)/t13-/m0/s1. The maximum absolute atomic E-state index is 11.7. The van der Waals surface area contributed by atoms with Crippen molar-refractivity contribution < 1.29 is 23.8 Å². The van der Waals surface area contributed by atoms with Crippen LogP contribution in [0.3, 0.4) is 0 Å². The predicted molar refractivity (Wildman–Crippen MR) is 72.9 cm³/mol. The Morgan fingerprint density at radius 1 is 1.10 bits per heavy atom. The Bertz CT molecular complexity index is 464. The van der Waals surface area contributed by atoms with E-state index in [-0.39, 0.29) is 5.91 Å². The average Bonchev–Trinajstić information content (AvgIpc) is 2.44. The number of esters is 1. The lowest BCUT2D eigenvalue weighted by Crippen LogP contribution is -2.41. The molecule has 0 aliphatic carbocycles. The first-order valence-corrected chi connectivity index (χ1v) is 6.07. The van der Waals surface area contributed by atoms with E-state index in [0.29, 0.717) is 17.9 Å². The first-order valence-electron chi connectivity index (χ1n) is 6.07. The van der Waals surface area contributed by atoms with Gasteiger partial charge in [-0.05, 0) is 17.7 Å². The lowest BCUT2D eigenvalue weighted by Gasteiger charge is -2.16. The molecular weight excluding hydrogens is 262 g/mol. The van der Waals surface area contributed by atoms with Gasteiger partial charge in [-0.3, -0.25) is 4.79 Å². The summed E-state index contributed by atoms with van der Waals surface area (Å²) >= 11 is 0. The van der Waals surface area contributed by atoms with Crippen molar-refractivity contribution in [1.29, 1.82) is 0 Å². The third-order valence-corrected chi connectivity index (χ3v) is 2.71. The van der Waals surface area contributed by atoms with Crippen molar-refractivity contribution in [2.24, 2.45) is 0 Å². The van der Waals surface area contributed by atoms with E-state index in [4.69, 9.17) is 9.47 Å². The summed E-state index contributed by atoms with van der Waals surface area (Å²) in [6, 6.07) is 4.55. The van der Waals surface area contributed by atoms with Crippen LogP contribution in [0.1, 0.15) is 12.5 Å². The van der Waals surface area contributed by atoms with Gasteiger partial charge >= 0.3 is 5.97 Å². The van der Waals surface area contributed by atoms with Gasteiger partial charge in [0.15, 0.2) is 0 Å². The molecule has 0 aliphatic rings. The highest BCUT2D eigenvalue weighted by atomic mass is 16.5. The van der Waals surface area contributed by atoms with Crippen LogP contribution in [0.4, 0.5) is 0 Å². The largest absolute Gasteiger partial charge is 0.497 e. The molecule has 20 heavy (non-hydrogen) atoms. The van der Waals surface area contributed by atoms with E-state index in [1.54, 1.807) is 32.4 Å². The highest BCUT2D eigenvalue weighted by molar-refractivity contribution is 5.83. The second kappa shape index (κ2) is 7.37. The third kappa shape index (κ3) is 4.46. The smallest absolute Gasteiger partial charge is 0.328 e. The number of rotatable bonds is 6. The average molecular weight is 281 g/mol. The van der Waals surface area contributed by atoms with Crippen LogP contribution in [-0.4, -0.2) is 39.2 Å². The van der Waals surface area contributed by atoms with Crippen molar-refractivity contribution >= 4 is 11.9 Å². The Labute approximate surface area is 118 Å². The first kappa shape index (κ1) is 15.8. The number of carbonyl (C=O) groups excluding carboxylic acids is 2. The minimum Gasteiger partial charge on any atom is -0.497 e. The summed E-state index contributed by atoms with van der Waals surface area (Å²) in [4.78, 5) is 22.8. The predicted octanol–water partition coefficient (Wildman–Crippen LogP) is 0.924. The van der Waals surface area contributed by atoms with Crippen molar-refractivity contribution in [3.05, 3.63) is 23.8 Å². The van der Waals surface area contributed by atoms with E-state index >= 15 is 0 Å². The van der Waals surface area contributed by atoms with Gasteiger partial charge in [0.1, 0.15) is 17.5 Å². The summed E-state index contributed by atoms with van der Waals surface area (Å²) in [7, 11) is 4.37. The van der Waals surface area contributed by atoms with Crippen LogP contribution in [0.2, 0.25) is 0 Å². The van der Waals surface area contributed by atoms with Gasteiger partial charge in [0, 0.05) is 19.4 Å². The summed E-state index contributed by atoms with van der Waals surface area (Å²) in [5.41, 5.74) is 0.797. The van der Waals surface area contributed by atoms with Crippen LogP contribution < -0.4 is 14.8 Å². The fourth-order valence-electron chi connectivity index (χ4n) is 1.80. The second-order valence-corrected chi connectivity index (χ2v) is 4.20. The zero-order chi connectivity index (χ0) is 15.1. The number of methoxy groups -OCH3 is 3.